The second kappa shape index (κ2) is 10.7. The molecule has 5 nitrogen and oxygen atoms in total. The Labute approximate surface area is 189 Å². The van der Waals surface area contributed by atoms with E-state index < -0.39 is 9.73 Å². The molecule has 6 heteroatoms. The number of carbonyl (C=O) groups is 1. The van der Waals surface area contributed by atoms with Gasteiger partial charge in [-0.25, -0.2) is 9.00 Å². The minimum absolute atomic E-state index is 0.329. The first kappa shape index (κ1) is 23.1. The maximum atomic E-state index is 13.3. The van der Waals surface area contributed by atoms with E-state index in [2.05, 4.69) is 16.2 Å². The molecule has 1 aliphatic rings. The van der Waals surface area contributed by atoms with Gasteiger partial charge in [0.2, 0.25) is 0 Å². The first-order valence-electron chi connectivity index (χ1n) is 10.1. The van der Waals surface area contributed by atoms with Crippen LogP contribution in [0.2, 0.25) is 0 Å². The zero-order chi connectivity index (χ0) is 23.0. The van der Waals surface area contributed by atoms with Gasteiger partial charge in [-0.05, 0) is 55.3 Å². The SMILES string of the molecule is COC(=O)/C1=C/C=C(C#Cc2ccccc2N=S(C)(=O)c2ccc(OC)cc2)\C=C\CC1. The lowest BCUT2D eigenvalue weighted by Crippen LogP contribution is -2.04. The Bertz CT molecular complexity index is 1260. The van der Waals surface area contributed by atoms with Crippen molar-refractivity contribution in [2.75, 3.05) is 20.5 Å². The van der Waals surface area contributed by atoms with Crippen molar-refractivity contribution in [1.82, 2.24) is 0 Å². The molecule has 164 valence electrons. The predicted molar refractivity (Wildman–Crippen MR) is 127 cm³/mol. The Morgan fingerprint density at radius 2 is 1.78 bits per heavy atom. The molecule has 2 aromatic carbocycles. The van der Waals surface area contributed by atoms with E-state index in [-0.39, 0.29) is 5.97 Å². The number of carbonyl (C=O) groups excluding carboxylic acids is 1. The number of methoxy groups -OCH3 is 2. The van der Waals surface area contributed by atoms with Crippen LogP contribution in [0.1, 0.15) is 18.4 Å². The Hall–Kier alpha value is -3.56. The first-order valence-corrected chi connectivity index (χ1v) is 12.0. The summed E-state index contributed by atoms with van der Waals surface area (Å²) in [6.45, 7) is 0. The van der Waals surface area contributed by atoms with Gasteiger partial charge >= 0.3 is 5.97 Å². The molecule has 0 fully saturated rings. The van der Waals surface area contributed by atoms with Gasteiger partial charge in [0, 0.05) is 22.3 Å². The maximum Gasteiger partial charge on any atom is 0.333 e. The van der Waals surface area contributed by atoms with E-state index in [9.17, 15) is 9.00 Å². The third-order valence-corrected chi connectivity index (χ3v) is 6.50. The third kappa shape index (κ3) is 5.99. The Balaban J connectivity index is 1.96. The van der Waals surface area contributed by atoms with Crippen LogP contribution in [0.25, 0.3) is 0 Å². The molecule has 1 aliphatic carbocycles. The van der Waals surface area contributed by atoms with Crippen molar-refractivity contribution in [3.8, 4) is 17.6 Å². The largest absolute Gasteiger partial charge is 0.497 e. The van der Waals surface area contributed by atoms with Gasteiger partial charge in [0.1, 0.15) is 5.75 Å². The van der Waals surface area contributed by atoms with Crippen molar-refractivity contribution < 1.29 is 18.5 Å². The maximum absolute atomic E-state index is 13.3. The fourth-order valence-corrected chi connectivity index (χ4v) is 4.31. The smallest absolute Gasteiger partial charge is 0.333 e. The van der Waals surface area contributed by atoms with E-state index in [4.69, 9.17) is 9.47 Å². The lowest BCUT2D eigenvalue weighted by atomic mass is 10.0. The van der Waals surface area contributed by atoms with E-state index in [1.807, 2.05) is 30.4 Å². The molecule has 0 saturated carbocycles. The van der Waals surface area contributed by atoms with Crippen LogP contribution < -0.4 is 4.74 Å². The number of hydrogen-bond donors (Lipinski definition) is 0. The van der Waals surface area contributed by atoms with Crippen LogP contribution in [0.5, 0.6) is 5.75 Å². The lowest BCUT2D eigenvalue weighted by molar-refractivity contribution is -0.136. The summed E-state index contributed by atoms with van der Waals surface area (Å²) in [5.74, 6) is 6.61. The summed E-state index contributed by atoms with van der Waals surface area (Å²) in [6.07, 6.45) is 10.4. The number of esters is 1. The summed E-state index contributed by atoms with van der Waals surface area (Å²) in [5.41, 5.74) is 2.60. The summed E-state index contributed by atoms with van der Waals surface area (Å²) in [4.78, 5) is 12.4. The van der Waals surface area contributed by atoms with Gasteiger partial charge in [-0.1, -0.05) is 42.2 Å². The second-order valence-corrected chi connectivity index (χ2v) is 9.34. The van der Waals surface area contributed by atoms with Gasteiger partial charge in [0.25, 0.3) is 0 Å². The lowest BCUT2D eigenvalue weighted by Gasteiger charge is -2.07. The van der Waals surface area contributed by atoms with E-state index in [0.29, 0.717) is 33.9 Å². The molecule has 0 amide bonds. The fourth-order valence-electron chi connectivity index (χ4n) is 3.03. The summed E-state index contributed by atoms with van der Waals surface area (Å²) in [5, 5.41) is 0. The van der Waals surface area contributed by atoms with Gasteiger partial charge in [-0.3, -0.25) is 0 Å². The summed E-state index contributed by atoms with van der Waals surface area (Å²) < 4.78 is 27.8. The number of rotatable bonds is 4. The number of benzene rings is 2. The standard InChI is InChI=1S/C26H25NO4S/c1-30-23-16-18-24(19-17-23)32(3,29)27-25-11-7-6-9-21(25)14-12-20-8-4-5-10-22(15-13-20)26(28)31-2/h4,6-9,11,13,15-19H,5,10H2,1-3H3/b8-4+,20-13+,22-15+. The monoisotopic (exact) mass is 447 g/mol. The van der Waals surface area contributed by atoms with Gasteiger partial charge in [-0.15, -0.1) is 0 Å². The van der Waals surface area contributed by atoms with E-state index in [1.54, 1.807) is 55.8 Å². The molecule has 0 heterocycles. The molecule has 0 bridgehead atoms. The molecular formula is C26H25NO4S. The Kier molecular flexibility index (Phi) is 7.69. The quantitative estimate of drug-likeness (QED) is 0.477. The van der Waals surface area contributed by atoms with Crippen molar-refractivity contribution in [2.45, 2.75) is 17.7 Å². The normalized spacial score (nSPS) is 19.2. The molecule has 0 saturated heterocycles. The topological polar surface area (TPSA) is 65.0 Å². The average molecular weight is 448 g/mol. The molecule has 0 aliphatic heterocycles. The van der Waals surface area contributed by atoms with Crippen molar-refractivity contribution in [3.05, 3.63) is 89.5 Å². The van der Waals surface area contributed by atoms with Crippen LogP contribution in [0.15, 0.2) is 93.2 Å². The summed E-state index contributed by atoms with van der Waals surface area (Å²) >= 11 is 0. The van der Waals surface area contributed by atoms with Crippen molar-refractivity contribution in [3.63, 3.8) is 0 Å². The number of hydrogen-bond acceptors (Lipinski definition) is 5. The van der Waals surface area contributed by atoms with Gasteiger partial charge in [0.15, 0.2) is 0 Å². The van der Waals surface area contributed by atoms with E-state index >= 15 is 0 Å². The van der Waals surface area contributed by atoms with Crippen molar-refractivity contribution >= 4 is 21.4 Å². The van der Waals surface area contributed by atoms with Crippen molar-refractivity contribution in [2.24, 2.45) is 4.36 Å². The molecule has 0 spiro atoms. The zero-order valence-electron chi connectivity index (χ0n) is 18.3. The van der Waals surface area contributed by atoms with Crippen LogP contribution >= 0.6 is 0 Å². The molecule has 0 radical (unpaired) electrons. The highest BCUT2D eigenvalue weighted by Crippen LogP contribution is 2.24. The molecule has 2 aromatic rings. The number of allylic oxidation sites excluding steroid dienone is 5. The summed E-state index contributed by atoms with van der Waals surface area (Å²) in [6, 6.07) is 14.4. The van der Waals surface area contributed by atoms with Gasteiger partial charge in [0.05, 0.1) is 35.2 Å². The second-order valence-electron chi connectivity index (χ2n) is 7.08. The highest BCUT2D eigenvalue weighted by Gasteiger charge is 2.10. The van der Waals surface area contributed by atoms with Gasteiger partial charge in [-0.2, -0.15) is 4.36 Å². The van der Waals surface area contributed by atoms with E-state index in [1.165, 1.54) is 7.11 Å². The molecule has 3 rings (SSSR count). The van der Waals surface area contributed by atoms with Crippen molar-refractivity contribution in [1.29, 1.82) is 0 Å². The van der Waals surface area contributed by atoms with Gasteiger partial charge < -0.3 is 9.47 Å². The Morgan fingerprint density at radius 1 is 1.03 bits per heavy atom. The first-order chi connectivity index (χ1) is 15.4. The Morgan fingerprint density at radius 3 is 2.50 bits per heavy atom. The minimum atomic E-state index is -2.67. The van der Waals surface area contributed by atoms with E-state index in [0.717, 1.165) is 12.0 Å². The highest BCUT2D eigenvalue weighted by atomic mass is 32.2. The minimum Gasteiger partial charge on any atom is -0.497 e. The van der Waals surface area contributed by atoms with Crippen LogP contribution in [0, 0.1) is 11.8 Å². The van der Waals surface area contributed by atoms with Crippen LogP contribution in [-0.2, 0) is 19.3 Å². The van der Waals surface area contributed by atoms with Crippen LogP contribution in [0.3, 0.4) is 0 Å². The third-order valence-electron chi connectivity index (χ3n) is 4.80. The van der Waals surface area contributed by atoms with Crippen LogP contribution in [0.4, 0.5) is 5.69 Å². The zero-order valence-corrected chi connectivity index (χ0v) is 19.1. The highest BCUT2D eigenvalue weighted by molar-refractivity contribution is 7.93. The molecule has 32 heavy (non-hydrogen) atoms. The fraction of sp³-hybridized carbons (Fsp3) is 0.192. The molecule has 1 atom stereocenters. The van der Waals surface area contributed by atoms with Crippen LogP contribution in [-0.4, -0.2) is 30.7 Å². The average Bonchev–Trinajstić information content (AvgIpc) is 2.79. The molecule has 1 unspecified atom stereocenters. The predicted octanol–water partition coefficient (Wildman–Crippen LogP) is 5.21. The molecule has 0 N–H and O–H groups in total. The number of nitrogens with zero attached hydrogens (tertiary/aromatic N) is 1. The molecule has 0 aromatic heterocycles. The molecular weight excluding hydrogens is 422 g/mol. The summed E-state index contributed by atoms with van der Waals surface area (Å²) in [7, 11) is 0.291. The number of ether oxygens (including phenoxy) is 2.